The van der Waals surface area contributed by atoms with E-state index in [0.717, 1.165) is 131 Å². The molecule has 0 saturated heterocycles. The van der Waals surface area contributed by atoms with E-state index in [-0.39, 0.29) is 103 Å². The smallest absolute Gasteiger partial charge is 0.235 e. The summed E-state index contributed by atoms with van der Waals surface area (Å²) < 4.78 is 5.39. The third kappa shape index (κ3) is 22.6. The highest BCUT2D eigenvalue weighted by atomic mass is 32.1. The van der Waals surface area contributed by atoms with Gasteiger partial charge in [0.25, 0.3) is 0 Å². The van der Waals surface area contributed by atoms with Crippen molar-refractivity contribution in [3.8, 4) is 134 Å². The van der Waals surface area contributed by atoms with Crippen LogP contribution in [0.4, 0.5) is 0 Å². The lowest BCUT2D eigenvalue weighted by Crippen LogP contribution is -2.52. The van der Waals surface area contributed by atoms with Gasteiger partial charge in [-0.15, -0.1) is 76.2 Å². The van der Waals surface area contributed by atoms with E-state index in [1.54, 1.807) is 106 Å². The number of amides is 6. The van der Waals surface area contributed by atoms with Gasteiger partial charge in [-0.3, -0.25) is 72.8 Å². The molecule has 6 aliphatic rings. The molecule has 0 aliphatic carbocycles. The van der Waals surface area contributed by atoms with Crippen LogP contribution in [0.25, 0.3) is 61.0 Å². The molecule has 0 saturated carbocycles. The molecule has 33 nitrogen and oxygen atoms in total. The largest absolute Gasteiger partial charge is 0.369 e. The second kappa shape index (κ2) is 42.7. The summed E-state index contributed by atoms with van der Waals surface area (Å²) in [6.45, 7) is 21.0. The summed E-state index contributed by atoms with van der Waals surface area (Å²) in [7, 11) is 13.6. The molecule has 36 heteroatoms. The summed E-state index contributed by atoms with van der Waals surface area (Å²) in [4.78, 5) is 126. The summed E-state index contributed by atoms with van der Waals surface area (Å²) in [5.74, 6) is 23.1. The number of H-pyrrole nitrogens is 1. The first-order chi connectivity index (χ1) is 68.6. The van der Waals surface area contributed by atoms with Gasteiger partial charge in [0, 0.05) is 168 Å². The van der Waals surface area contributed by atoms with Crippen LogP contribution in [-0.4, -0.2) is 182 Å². The number of hydrogen-bond acceptors (Lipinski definition) is 26. The number of aromatic amines is 1. The molecular weight excluding hydrogens is 1880 g/mol. The number of pyridine rings is 2. The summed E-state index contributed by atoms with van der Waals surface area (Å²) in [5, 5.41) is 15.3. The van der Waals surface area contributed by atoms with Gasteiger partial charge in [0.05, 0.1) is 71.2 Å². The highest BCUT2D eigenvalue weighted by molar-refractivity contribution is 7.15. The first-order valence-corrected chi connectivity index (χ1v) is 48.3. The average Bonchev–Trinajstić information content (AvgIpc) is 1.68. The van der Waals surface area contributed by atoms with E-state index in [1.807, 2.05) is 215 Å². The normalized spacial score (nSPS) is 21.0. The first kappa shape index (κ1) is 105. The highest BCUT2D eigenvalue weighted by Gasteiger charge is 2.48. The molecule has 13 N–H and O–H groups in total. The molecular formula is C109H114N27O6S3+. The van der Waals surface area contributed by atoms with E-state index >= 15 is 0 Å². The van der Waals surface area contributed by atoms with Gasteiger partial charge in [-0.2, -0.15) is 15.3 Å². The maximum absolute atomic E-state index is 12.5. The Labute approximate surface area is 855 Å². The Balaban J connectivity index is 0.000000146. The maximum atomic E-state index is 12.5. The minimum atomic E-state index is -0.770. The minimum absolute atomic E-state index is 0.0190. The fourth-order valence-electron chi connectivity index (χ4n) is 17.0. The van der Waals surface area contributed by atoms with E-state index < -0.39 is 33.2 Å². The predicted octanol–water partition coefficient (Wildman–Crippen LogP) is 11.8. The molecule has 145 heavy (non-hydrogen) atoms. The second-order valence-corrected chi connectivity index (χ2v) is 39.9. The van der Waals surface area contributed by atoms with E-state index in [1.165, 1.54) is 40.7 Å². The maximum Gasteiger partial charge on any atom is 0.235 e. The number of carbonyl (C=O) groups is 6. The molecule has 14 heterocycles. The SMILES string of the molecule is C#Cc1cccc(-c2cc([C@]3(C)CC(=O)N(C)C(N)=N3)[n+](C)[nH]2)c1.C#Cc1cccc(-c2cc([C@]3(C)CC(=O)N(C)C(N)=N3)nn2C)c1.C#Cc1cccc(-c2csc([C@]3(C)CC(=O)N(C)C(N)=N3)c2)c1.C#Cc1cccc(-n2cc([C@]3(C)CC(=O)N(C)C(N)=N3)c(C)n2)c1.CC#Cc1cncc(-c2cc([C@@]3(C)N=C(N)N(C)C(=O)[C@@H]3C)sc2C)c1.CC#Cc1cncc(-c2ncc([C@]3(C)CC(=O)N(C)C(N)=N3)s2)c1. The highest BCUT2D eigenvalue weighted by Crippen LogP contribution is 2.47. The Morgan fingerprint density at radius 3 is 1.42 bits per heavy atom. The number of rotatable bonds is 12. The van der Waals surface area contributed by atoms with Crippen molar-refractivity contribution in [2.75, 3.05) is 42.3 Å². The molecule has 738 valence electrons. The van der Waals surface area contributed by atoms with Gasteiger partial charge < -0.3 is 34.4 Å². The van der Waals surface area contributed by atoms with Crippen molar-refractivity contribution < 1.29 is 33.4 Å². The predicted molar refractivity (Wildman–Crippen MR) is 571 cm³/mol. The van der Waals surface area contributed by atoms with Crippen LogP contribution in [-0.2, 0) is 76.1 Å². The van der Waals surface area contributed by atoms with Crippen molar-refractivity contribution in [3.05, 3.63) is 252 Å². The monoisotopic (exact) mass is 1990 g/mol. The molecule has 6 amide bonds. The van der Waals surface area contributed by atoms with Gasteiger partial charge in [0.2, 0.25) is 41.1 Å². The average molecular weight is 1990 g/mol. The van der Waals surface area contributed by atoms with E-state index in [0.29, 0.717) is 12.1 Å². The molecule has 6 aliphatic heterocycles. The lowest BCUT2D eigenvalue weighted by atomic mass is 9.83. The molecule has 0 spiro atoms. The van der Waals surface area contributed by atoms with E-state index in [2.05, 4.69) is 132 Å². The van der Waals surface area contributed by atoms with Crippen LogP contribution in [0.2, 0.25) is 0 Å². The van der Waals surface area contributed by atoms with Crippen LogP contribution in [0.15, 0.2) is 206 Å². The molecule has 8 aromatic heterocycles. The second-order valence-electron chi connectivity index (χ2n) is 36.7. The number of nitrogens with one attached hydrogen (secondary N) is 1. The summed E-state index contributed by atoms with van der Waals surface area (Å²) in [5.41, 5.74) is 49.2. The van der Waals surface area contributed by atoms with Gasteiger partial charge in [-0.1, -0.05) is 84.9 Å². The van der Waals surface area contributed by atoms with Gasteiger partial charge in [0.15, 0.2) is 48.3 Å². The van der Waals surface area contributed by atoms with Crippen molar-refractivity contribution >= 4 is 105 Å². The lowest BCUT2D eigenvalue weighted by molar-refractivity contribution is -0.736. The molecule has 0 radical (unpaired) electrons. The van der Waals surface area contributed by atoms with Crippen LogP contribution in [0, 0.1) is 92.8 Å². The summed E-state index contributed by atoms with van der Waals surface area (Å²) in [6, 6.07) is 42.9. The first-order valence-electron chi connectivity index (χ1n) is 45.8. The van der Waals surface area contributed by atoms with Crippen molar-refractivity contribution in [2.45, 2.75) is 141 Å². The Morgan fingerprint density at radius 1 is 0.441 bits per heavy atom. The lowest BCUT2D eigenvalue weighted by Gasteiger charge is -2.37. The Kier molecular flexibility index (Phi) is 31.0. The van der Waals surface area contributed by atoms with Crippen molar-refractivity contribution in [1.29, 1.82) is 0 Å². The van der Waals surface area contributed by atoms with Gasteiger partial charge in [-0.05, 0) is 176 Å². The zero-order chi connectivity index (χ0) is 105. The molecule has 0 unspecified atom stereocenters. The van der Waals surface area contributed by atoms with Crippen molar-refractivity contribution in [3.63, 3.8) is 0 Å². The molecule has 4 aromatic carbocycles. The van der Waals surface area contributed by atoms with E-state index in [9.17, 15) is 28.8 Å². The van der Waals surface area contributed by atoms with Crippen LogP contribution < -0.4 is 39.1 Å². The van der Waals surface area contributed by atoms with Crippen LogP contribution in [0.1, 0.15) is 170 Å². The fourth-order valence-corrected chi connectivity index (χ4v) is 20.2. The molecule has 0 bridgehead atoms. The van der Waals surface area contributed by atoms with Gasteiger partial charge >= 0.3 is 0 Å². The van der Waals surface area contributed by atoms with Gasteiger partial charge in [-0.25, -0.2) is 39.6 Å². The van der Waals surface area contributed by atoms with Gasteiger partial charge in [0.1, 0.15) is 32.9 Å². The third-order valence-electron chi connectivity index (χ3n) is 26.0. The quantitative estimate of drug-likeness (QED) is 0.0441. The third-order valence-corrected chi connectivity index (χ3v) is 29.7. The summed E-state index contributed by atoms with van der Waals surface area (Å²) >= 11 is 4.72. The van der Waals surface area contributed by atoms with Crippen molar-refractivity contribution in [2.24, 2.45) is 84.4 Å². The number of aryl methyl sites for hydroxylation is 4. The number of thiazole rings is 1. The Hall–Kier alpha value is -17.2. The fraction of sp³-hybridized carbons (Fsp3) is 0.284. The number of aliphatic imine (C=N–C) groups is 6. The topological polar surface area (TPSA) is 446 Å². The Bertz CT molecular complexity index is 7530. The number of nitrogens with zero attached hydrogens (tertiary/aromatic N) is 20. The number of hydrogen-bond donors (Lipinski definition) is 7. The van der Waals surface area contributed by atoms with E-state index in [4.69, 9.17) is 60.1 Å². The number of carbonyl (C=O) groups excluding carboxylic acids is 6. The van der Waals surface area contributed by atoms with Crippen molar-refractivity contribution in [1.82, 2.24) is 69.0 Å². The van der Waals surface area contributed by atoms with Crippen LogP contribution >= 0.6 is 34.0 Å². The van der Waals surface area contributed by atoms with Crippen LogP contribution in [0.5, 0.6) is 0 Å². The molecule has 12 aromatic rings. The zero-order valence-electron chi connectivity index (χ0n) is 84.2. The number of aromatic nitrogens is 9. The molecule has 18 rings (SSSR count). The number of guanidine groups is 6. The molecule has 7 atom stereocenters. The zero-order valence-corrected chi connectivity index (χ0v) is 86.7. The minimum Gasteiger partial charge on any atom is -0.369 e. The number of benzene rings is 4. The molecule has 0 fully saturated rings. The standard InChI is InChI=1S/C20H22N4OS.3C18H19N5O.C18H17N3OS.C17H17N5OS/c1-6-7-14-8-15(11-22-10-14)16-9-17(26-13(16)3)20(4)12(2)18(25)24(5)19(21)23-20;1-5-12-7-6-8-13(9-12)14-10-15(21-23(14)4)18(2)11-16(24)22(3)17(19)20-18;1-5-12-7-6-8-13(9-12)14-10-15(23(4)21-14)18(2)11-16(24)22(3)17(19)20-18;1-5-13-7-6-8-14(9-13)23-11-15(12(2)21-23)18(3)10-16(24)22(4)17(19)20-18;1-4-12-6-5-7-13(8-12)14-9-15(23-11-14)18(2)10-16(22)21(3)17(19)20-18;1-4-5-11-6-12(9-19-8-11)15-20-10-13(24-15)17(2)7-14(23)22(3)16(18)21-17/h8-12H,1-5H3,(H2,21,23);2*1,6-10H,11H2,2-4H3,(H2,19,20);1,6-9,11H,10H2,2-4H3,(H2,19,20);1,5-9,11H,10H2,2-3H3,(H2,19,20);6,8-10H,7H2,1-3H3,(H2,18,21)/p+1/t12-,20-;4*18-;17-/m000000/s1. The number of thiophene rings is 2. The number of terminal acetylenes is 4. The number of nitrogens with two attached hydrogens (primary N) is 6. The van der Waals surface area contributed by atoms with Crippen LogP contribution in [0.3, 0.4) is 0 Å². The Morgan fingerprint density at radius 2 is 0.883 bits per heavy atom. The summed E-state index contributed by atoms with van der Waals surface area (Å²) in [6.07, 6.45) is 33.9.